The van der Waals surface area contributed by atoms with Crippen LogP contribution in [0.4, 0.5) is 5.69 Å². The summed E-state index contributed by atoms with van der Waals surface area (Å²) >= 11 is 0. The van der Waals surface area contributed by atoms with Crippen molar-refractivity contribution in [1.29, 1.82) is 0 Å². The van der Waals surface area contributed by atoms with Crippen LogP contribution in [0, 0.1) is 6.92 Å². The molecule has 5 heteroatoms. The van der Waals surface area contributed by atoms with E-state index in [1.165, 1.54) is 6.07 Å². The van der Waals surface area contributed by atoms with Crippen LogP contribution in [0.3, 0.4) is 0 Å². The number of hydrogen-bond acceptors (Lipinski definition) is 3. The number of anilines is 1. The highest BCUT2D eigenvalue weighted by Gasteiger charge is 2.17. The highest BCUT2D eigenvalue weighted by atomic mass is 16.4. The normalized spacial score (nSPS) is 11.9. The van der Waals surface area contributed by atoms with Crippen LogP contribution in [0.1, 0.15) is 42.1 Å². The van der Waals surface area contributed by atoms with Gasteiger partial charge in [-0.05, 0) is 25.5 Å². The molecule has 0 saturated heterocycles. The molecule has 1 aromatic rings. The van der Waals surface area contributed by atoms with Gasteiger partial charge in [-0.3, -0.25) is 4.79 Å². The van der Waals surface area contributed by atoms with Crippen LogP contribution < -0.4 is 11.1 Å². The quantitative estimate of drug-likeness (QED) is 0.734. The Morgan fingerprint density at radius 2 is 2.11 bits per heavy atom. The molecular formula is C14H20N2O3. The molecule has 0 radical (unpaired) electrons. The molecule has 1 rings (SSSR count). The third kappa shape index (κ3) is 4.37. The van der Waals surface area contributed by atoms with Crippen molar-refractivity contribution in [3.05, 3.63) is 29.3 Å². The lowest BCUT2D eigenvalue weighted by Gasteiger charge is -2.13. The van der Waals surface area contributed by atoms with E-state index in [4.69, 9.17) is 10.8 Å². The van der Waals surface area contributed by atoms with E-state index in [2.05, 4.69) is 5.32 Å². The molecule has 0 unspecified atom stereocenters. The minimum absolute atomic E-state index is 0.0797. The lowest BCUT2D eigenvalue weighted by molar-refractivity contribution is -0.117. The van der Waals surface area contributed by atoms with Crippen LogP contribution in [0.5, 0.6) is 0 Å². The highest BCUT2D eigenvalue weighted by Crippen LogP contribution is 2.18. The number of unbranched alkanes of at least 4 members (excludes halogenated alkanes) is 1. The second-order valence-corrected chi connectivity index (χ2v) is 4.59. The zero-order valence-corrected chi connectivity index (χ0v) is 11.3. The van der Waals surface area contributed by atoms with Gasteiger partial charge in [0.25, 0.3) is 0 Å². The van der Waals surface area contributed by atoms with Gasteiger partial charge in [-0.1, -0.05) is 31.4 Å². The summed E-state index contributed by atoms with van der Waals surface area (Å²) in [5.74, 6) is -1.42. The summed E-state index contributed by atoms with van der Waals surface area (Å²) in [5, 5.41) is 11.7. The molecule has 0 aliphatic heterocycles. The molecule has 0 bridgehead atoms. The van der Waals surface area contributed by atoms with Crippen molar-refractivity contribution in [2.24, 2.45) is 5.73 Å². The fourth-order valence-corrected chi connectivity index (χ4v) is 1.72. The molecule has 1 amide bonds. The average Bonchev–Trinajstić information content (AvgIpc) is 2.37. The Balaban J connectivity index is 2.81. The van der Waals surface area contributed by atoms with Crippen molar-refractivity contribution >= 4 is 17.6 Å². The Morgan fingerprint density at radius 3 is 2.68 bits per heavy atom. The first-order valence-corrected chi connectivity index (χ1v) is 6.36. The summed E-state index contributed by atoms with van der Waals surface area (Å²) in [6.07, 6.45) is 2.43. The molecule has 4 N–H and O–H groups in total. The molecule has 0 heterocycles. The molecular weight excluding hydrogens is 244 g/mol. The Hall–Kier alpha value is -1.88. The topological polar surface area (TPSA) is 92.4 Å². The minimum atomic E-state index is -1.07. The van der Waals surface area contributed by atoms with E-state index >= 15 is 0 Å². The summed E-state index contributed by atoms with van der Waals surface area (Å²) in [6, 6.07) is 4.25. The van der Waals surface area contributed by atoms with Gasteiger partial charge in [0.1, 0.15) is 0 Å². The molecule has 1 atom stereocenters. The number of aromatic carboxylic acids is 1. The van der Waals surface area contributed by atoms with Crippen molar-refractivity contribution in [2.75, 3.05) is 5.32 Å². The van der Waals surface area contributed by atoms with E-state index in [9.17, 15) is 9.59 Å². The second-order valence-electron chi connectivity index (χ2n) is 4.59. The van der Waals surface area contributed by atoms with Crippen LogP contribution in [0.2, 0.25) is 0 Å². The highest BCUT2D eigenvalue weighted by molar-refractivity contribution is 6.02. The second kappa shape index (κ2) is 6.89. The van der Waals surface area contributed by atoms with Crippen LogP contribution in [0.15, 0.2) is 18.2 Å². The minimum Gasteiger partial charge on any atom is -0.478 e. The standard InChI is InChI=1S/C14H20N2O3/c1-3-4-5-11(15)13(17)16-12-7-6-9(2)8-10(12)14(18)19/h6-8,11H,3-5,15H2,1-2H3,(H,16,17)(H,18,19)/t11-/m0/s1. The van der Waals surface area contributed by atoms with E-state index in [1.807, 2.05) is 6.92 Å². The molecule has 104 valence electrons. The molecule has 0 aliphatic carbocycles. The number of carboxylic acid groups (broad SMARTS) is 1. The molecule has 0 fully saturated rings. The molecule has 5 nitrogen and oxygen atoms in total. The van der Waals surface area contributed by atoms with Gasteiger partial charge in [0.15, 0.2) is 0 Å². The van der Waals surface area contributed by atoms with Crippen molar-refractivity contribution in [3.8, 4) is 0 Å². The molecule has 19 heavy (non-hydrogen) atoms. The maximum Gasteiger partial charge on any atom is 0.337 e. The first-order chi connectivity index (χ1) is 8.95. The SMILES string of the molecule is CCCC[C@H](N)C(=O)Nc1ccc(C)cc1C(=O)O. The fourth-order valence-electron chi connectivity index (χ4n) is 1.72. The lowest BCUT2D eigenvalue weighted by atomic mass is 10.1. The maximum atomic E-state index is 11.8. The van der Waals surface area contributed by atoms with Gasteiger partial charge in [0, 0.05) is 0 Å². The Morgan fingerprint density at radius 1 is 1.42 bits per heavy atom. The molecule has 1 aromatic carbocycles. The first-order valence-electron chi connectivity index (χ1n) is 6.36. The Labute approximate surface area is 112 Å². The number of nitrogens with two attached hydrogens (primary N) is 1. The molecule has 0 aliphatic rings. The maximum absolute atomic E-state index is 11.8. The summed E-state index contributed by atoms with van der Waals surface area (Å²) < 4.78 is 0. The molecule has 0 aromatic heterocycles. The van der Waals surface area contributed by atoms with Crippen molar-refractivity contribution < 1.29 is 14.7 Å². The monoisotopic (exact) mass is 264 g/mol. The number of rotatable bonds is 6. The number of amides is 1. The number of carbonyl (C=O) groups is 2. The van der Waals surface area contributed by atoms with E-state index < -0.39 is 12.0 Å². The summed E-state index contributed by atoms with van der Waals surface area (Å²) in [7, 11) is 0. The Kier molecular flexibility index (Phi) is 5.51. The lowest BCUT2D eigenvalue weighted by Crippen LogP contribution is -2.35. The number of hydrogen-bond donors (Lipinski definition) is 3. The number of benzene rings is 1. The van der Waals surface area contributed by atoms with Gasteiger partial charge in [-0.25, -0.2) is 4.79 Å². The summed E-state index contributed by atoms with van der Waals surface area (Å²) in [5.41, 5.74) is 6.94. The van der Waals surface area contributed by atoms with Gasteiger partial charge in [-0.15, -0.1) is 0 Å². The first kappa shape index (κ1) is 15.2. The predicted molar refractivity (Wildman–Crippen MR) is 74.3 cm³/mol. The number of carboxylic acids is 1. The molecule has 0 saturated carbocycles. The van der Waals surface area contributed by atoms with Gasteiger partial charge < -0.3 is 16.2 Å². The van der Waals surface area contributed by atoms with Gasteiger partial charge in [0.05, 0.1) is 17.3 Å². The van der Waals surface area contributed by atoms with Crippen LogP contribution in [-0.4, -0.2) is 23.0 Å². The van der Waals surface area contributed by atoms with Gasteiger partial charge in [0.2, 0.25) is 5.91 Å². The predicted octanol–water partition coefficient (Wildman–Crippen LogP) is 2.15. The van der Waals surface area contributed by atoms with Crippen molar-refractivity contribution in [2.45, 2.75) is 39.2 Å². The fraction of sp³-hybridized carbons (Fsp3) is 0.429. The largest absolute Gasteiger partial charge is 0.478 e. The number of nitrogens with one attached hydrogen (secondary N) is 1. The van der Waals surface area contributed by atoms with Gasteiger partial charge in [-0.2, -0.15) is 0 Å². The molecule has 0 spiro atoms. The van der Waals surface area contributed by atoms with Crippen molar-refractivity contribution in [1.82, 2.24) is 0 Å². The summed E-state index contributed by atoms with van der Waals surface area (Å²) in [6.45, 7) is 3.82. The van der Waals surface area contributed by atoms with Crippen molar-refractivity contribution in [3.63, 3.8) is 0 Å². The van der Waals surface area contributed by atoms with Crippen LogP contribution in [0.25, 0.3) is 0 Å². The van der Waals surface area contributed by atoms with E-state index in [-0.39, 0.29) is 17.2 Å². The average molecular weight is 264 g/mol. The van der Waals surface area contributed by atoms with E-state index in [0.29, 0.717) is 6.42 Å². The summed E-state index contributed by atoms with van der Waals surface area (Å²) in [4.78, 5) is 23.0. The van der Waals surface area contributed by atoms with Crippen LogP contribution in [-0.2, 0) is 4.79 Å². The van der Waals surface area contributed by atoms with Gasteiger partial charge >= 0.3 is 5.97 Å². The number of carbonyl (C=O) groups excluding carboxylic acids is 1. The van der Waals surface area contributed by atoms with Crippen LogP contribution >= 0.6 is 0 Å². The number of aryl methyl sites for hydroxylation is 1. The third-order valence-electron chi connectivity index (χ3n) is 2.87. The zero-order chi connectivity index (χ0) is 14.4. The Bertz CT molecular complexity index is 472. The zero-order valence-electron chi connectivity index (χ0n) is 11.3. The van der Waals surface area contributed by atoms with E-state index in [1.54, 1.807) is 19.1 Å². The third-order valence-corrected chi connectivity index (χ3v) is 2.87. The van der Waals surface area contributed by atoms with E-state index in [0.717, 1.165) is 18.4 Å². The smallest absolute Gasteiger partial charge is 0.337 e.